The van der Waals surface area contributed by atoms with E-state index in [1.165, 1.54) is 0 Å². The highest BCUT2D eigenvalue weighted by Gasteiger charge is 2.40. The van der Waals surface area contributed by atoms with Crippen molar-refractivity contribution in [2.45, 2.75) is 38.7 Å². The average molecular weight is 433 g/mol. The summed E-state index contributed by atoms with van der Waals surface area (Å²) >= 11 is 0. The van der Waals surface area contributed by atoms with Crippen molar-refractivity contribution in [3.05, 3.63) is 117 Å². The number of aromatic nitrogens is 2. The van der Waals surface area contributed by atoms with Crippen LogP contribution in [0.25, 0.3) is 0 Å². The molecule has 6 heteroatoms. The number of aryl methyl sites for hydroxylation is 1. The molecule has 3 aromatic rings. The molecule has 1 aromatic heterocycles. The minimum Gasteiger partial charge on any atom is -0.376 e. The molecule has 0 saturated heterocycles. The molecule has 1 heterocycles. The van der Waals surface area contributed by atoms with E-state index in [0.29, 0.717) is 31.8 Å². The maximum atomic E-state index is 12.5. The Balaban J connectivity index is 1.52. The highest BCUT2D eigenvalue weighted by molar-refractivity contribution is 5.21. The van der Waals surface area contributed by atoms with Gasteiger partial charge in [0, 0.05) is 17.7 Å². The molecule has 1 saturated carbocycles. The molecular formula is C26H28N2O4. The molecule has 1 fully saturated rings. The summed E-state index contributed by atoms with van der Waals surface area (Å²) in [5, 5.41) is 0. The van der Waals surface area contributed by atoms with Gasteiger partial charge in [0.2, 0.25) is 0 Å². The van der Waals surface area contributed by atoms with E-state index < -0.39 is 5.69 Å². The van der Waals surface area contributed by atoms with Crippen molar-refractivity contribution in [3.63, 3.8) is 0 Å². The molecule has 6 nitrogen and oxygen atoms in total. The SMILES string of the molecule is C=C1[C@H](n2cc(C)c(=O)[nH]c2=O)C[C@H](COCc2ccccc2)[C@H]1OCc1ccccc1. The number of nitrogens with zero attached hydrogens (tertiary/aromatic N) is 1. The lowest BCUT2D eigenvalue weighted by Crippen LogP contribution is -2.33. The molecule has 0 aliphatic heterocycles. The second-order valence-electron chi connectivity index (χ2n) is 8.28. The van der Waals surface area contributed by atoms with Gasteiger partial charge in [-0.15, -0.1) is 0 Å². The average Bonchev–Trinajstić information content (AvgIpc) is 3.11. The normalized spacial score (nSPS) is 20.5. The van der Waals surface area contributed by atoms with Crippen molar-refractivity contribution in [1.29, 1.82) is 0 Å². The molecule has 2 aromatic carbocycles. The Morgan fingerprint density at radius 1 is 1.00 bits per heavy atom. The van der Waals surface area contributed by atoms with Gasteiger partial charge in [-0.05, 0) is 30.0 Å². The van der Waals surface area contributed by atoms with Crippen LogP contribution in [0.4, 0.5) is 0 Å². The van der Waals surface area contributed by atoms with Crippen LogP contribution in [0.15, 0.2) is 88.6 Å². The monoisotopic (exact) mass is 432 g/mol. The molecule has 1 N–H and O–H groups in total. The number of aromatic amines is 1. The maximum absolute atomic E-state index is 12.5. The predicted molar refractivity (Wildman–Crippen MR) is 123 cm³/mol. The number of ether oxygens (including phenoxy) is 2. The van der Waals surface area contributed by atoms with Gasteiger partial charge in [-0.25, -0.2) is 4.79 Å². The van der Waals surface area contributed by atoms with E-state index in [-0.39, 0.29) is 23.6 Å². The Kier molecular flexibility index (Phi) is 6.83. The fraction of sp³-hybridized carbons (Fsp3) is 0.308. The number of benzene rings is 2. The van der Waals surface area contributed by atoms with E-state index >= 15 is 0 Å². The van der Waals surface area contributed by atoms with Crippen LogP contribution in [0.5, 0.6) is 0 Å². The molecule has 0 bridgehead atoms. The van der Waals surface area contributed by atoms with Crippen LogP contribution in [0, 0.1) is 12.8 Å². The summed E-state index contributed by atoms with van der Waals surface area (Å²) in [5.74, 6) is 0.0408. The number of H-pyrrole nitrogens is 1. The molecule has 1 aliphatic rings. The highest BCUT2D eigenvalue weighted by Crippen LogP contribution is 2.40. The molecule has 166 valence electrons. The third-order valence-electron chi connectivity index (χ3n) is 5.95. The Hall–Kier alpha value is -3.22. The van der Waals surface area contributed by atoms with Crippen molar-refractivity contribution in [2.75, 3.05) is 6.61 Å². The maximum Gasteiger partial charge on any atom is 0.328 e. The third kappa shape index (κ3) is 4.98. The van der Waals surface area contributed by atoms with Gasteiger partial charge in [-0.3, -0.25) is 14.3 Å². The van der Waals surface area contributed by atoms with Gasteiger partial charge in [0.1, 0.15) is 0 Å². The van der Waals surface area contributed by atoms with Crippen molar-refractivity contribution in [1.82, 2.24) is 9.55 Å². The molecular weight excluding hydrogens is 404 g/mol. The number of nitrogens with one attached hydrogen (secondary N) is 1. The van der Waals surface area contributed by atoms with E-state index in [1.807, 2.05) is 60.7 Å². The van der Waals surface area contributed by atoms with Gasteiger partial charge in [0.25, 0.3) is 5.56 Å². The zero-order valence-electron chi connectivity index (χ0n) is 18.2. The number of hydrogen-bond donors (Lipinski definition) is 1. The van der Waals surface area contributed by atoms with Gasteiger partial charge < -0.3 is 9.47 Å². The summed E-state index contributed by atoms with van der Waals surface area (Å²) in [6.45, 7) is 7.42. The largest absolute Gasteiger partial charge is 0.376 e. The topological polar surface area (TPSA) is 73.3 Å². The van der Waals surface area contributed by atoms with E-state index in [9.17, 15) is 9.59 Å². The van der Waals surface area contributed by atoms with Crippen molar-refractivity contribution < 1.29 is 9.47 Å². The zero-order valence-corrected chi connectivity index (χ0v) is 18.2. The lowest BCUT2D eigenvalue weighted by atomic mass is 10.1. The fourth-order valence-corrected chi connectivity index (χ4v) is 4.23. The first kappa shape index (κ1) is 22.0. The van der Waals surface area contributed by atoms with Crippen molar-refractivity contribution in [2.24, 2.45) is 5.92 Å². The number of rotatable bonds is 8. The first-order valence-electron chi connectivity index (χ1n) is 10.8. The quantitative estimate of drug-likeness (QED) is 0.550. The van der Waals surface area contributed by atoms with E-state index in [0.717, 1.165) is 16.7 Å². The van der Waals surface area contributed by atoms with Crippen LogP contribution < -0.4 is 11.2 Å². The lowest BCUT2D eigenvalue weighted by molar-refractivity contribution is -0.00364. The third-order valence-corrected chi connectivity index (χ3v) is 5.95. The summed E-state index contributed by atoms with van der Waals surface area (Å²) in [6, 6.07) is 19.7. The molecule has 4 rings (SSSR count). The second-order valence-corrected chi connectivity index (χ2v) is 8.28. The summed E-state index contributed by atoms with van der Waals surface area (Å²) in [6.07, 6.45) is 2.01. The molecule has 0 amide bonds. The van der Waals surface area contributed by atoms with Crippen LogP contribution >= 0.6 is 0 Å². The summed E-state index contributed by atoms with van der Waals surface area (Å²) in [5.41, 5.74) is 2.69. The number of hydrogen-bond acceptors (Lipinski definition) is 4. The smallest absolute Gasteiger partial charge is 0.328 e. The minimum atomic E-state index is -0.431. The lowest BCUT2D eigenvalue weighted by Gasteiger charge is -2.21. The molecule has 0 spiro atoms. The van der Waals surface area contributed by atoms with Crippen LogP contribution in [0.1, 0.15) is 29.2 Å². The van der Waals surface area contributed by atoms with Crippen LogP contribution in [0.2, 0.25) is 0 Å². The van der Waals surface area contributed by atoms with E-state index in [4.69, 9.17) is 9.47 Å². The predicted octanol–water partition coefficient (Wildman–Crippen LogP) is 3.76. The minimum absolute atomic E-state index is 0.0408. The van der Waals surface area contributed by atoms with Crippen molar-refractivity contribution in [3.8, 4) is 0 Å². The van der Waals surface area contributed by atoms with Gasteiger partial charge in [-0.1, -0.05) is 67.2 Å². The molecule has 32 heavy (non-hydrogen) atoms. The van der Waals surface area contributed by atoms with Crippen molar-refractivity contribution >= 4 is 0 Å². The standard InChI is InChI=1S/C26H28N2O4/c1-18-14-28(26(30)27-25(18)29)23-13-22(17-31-15-20-9-5-3-6-10-20)24(19(23)2)32-16-21-11-7-4-8-12-21/h3-12,14,22-24H,2,13,15-17H2,1H3,(H,27,29,30)/t22-,23-,24+/m1/s1. The zero-order chi connectivity index (χ0) is 22.5. The Bertz CT molecular complexity index is 1170. The second kappa shape index (κ2) is 9.94. The first-order chi connectivity index (χ1) is 15.5. The molecule has 3 atom stereocenters. The van der Waals surface area contributed by atoms with Gasteiger partial charge in [-0.2, -0.15) is 0 Å². The molecule has 0 radical (unpaired) electrons. The van der Waals surface area contributed by atoms with Gasteiger partial charge in [0.15, 0.2) is 0 Å². The molecule has 0 unspecified atom stereocenters. The van der Waals surface area contributed by atoms with E-state index in [1.54, 1.807) is 17.7 Å². The van der Waals surface area contributed by atoms with Crippen LogP contribution in [0.3, 0.4) is 0 Å². The van der Waals surface area contributed by atoms with Gasteiger partial charge in [0.05, 0.1) is 32.0 Å². The summed E-state index contributed by atoms with van der Waals surface area (Å²) in [4.78, 5) is 26.7. The van der Waals surface area contributed by atoms with Gasteiger partial charge >= 0.3 is 5.69 Å². The fourth-order valence-electron chi connectivity index (χ4n) is 4.23. The Morgan fingerprint density at radius 2 is 1.62 bits per heavy atom. The Labute approximate surface area is 187 Å². The van der Waals surface area contributed by atoms with E-state index in [2.05, 4.69) is 11.6 Å². The molecule has 1 aliphatic carbocycles. The van der Waals surface area contributed by atoms with Crippen LogP contribution in [-0.2, 0) is 22.7 Å². The first-order valence-corrected chi connectivity index (χ1v) is 10.8. The summed E-state index contributed by atoms with van der Waals surface area (Å²) < 4.78 is 13.9. The highest BCUT2D eigenvalue weighted by atomic mass is 16.5. The summed E-state index contributed by atoms with van der Waals surface area (Å²) in [7, 11) is 0. The van der Waals surface area contributed by atoms with Crippen LogP contribution in [-0.4, -0.2) is 22.3 Å². The Morgan fingerprint density at radius 3 is 2.28 bits per heavy atom.